The van der Waals surface area contributed by atoms with Gasteiger partial charge in [0.1, 0.15) is 30.3 Å². The number of carbonyl (C=O) groups is 2. The molecule has 5 rings (SSSR count). The third kappa shape index (κ3) is 3.99. The number of benzene rings is 1. The van der Waals surface area contributed by atoms with Crippen LogP contribution in [0.2, 0.25) is 0 Å². The van der Waals surface area contributed by atoms with Gasteiger partial charge in [0.2, 0.25) is 0 Å². The van der Waals surface area contributed by atoms with Crippen LogP contribution in [0.25, 0.3) is 11.2 Å². The number of nitrogens with two attached hydrogens (primary N) is 1. The van der Waals surface area contributed by atoms with Gasteiger partial charge < -0.3 is 41.3 Å². The maximum absolute atomic E-state index is 13.2. The van der Waals surface area contributed by atoms with Crippen molar-refractivity contribution in [2.75, 3.05) is 24.1 Å². The molecule has 1 saturated heterocycles. The van der Waals surface area contributed by atoms with Crippen LogP contribution in [0.4, 0.5) is 11.5 Å². The predicted molar refractivity (Wildman–Crippen MR) is 125 cm³/mol. The van der Waals surface area contributed by atoms with Crippen molar-refractivity contribution in [2.24, 2.45) is 0 Å². The second-order valence-corrected chi connectivity index (χ2v) is 8.56. The van der Waals surface area contributed by atoms with Crippen molar-refractivity contribution in [1.82, 2.24) is 29.7 Å². The molecule has 0 aliphatic carbocycles. The largest absolute Gasteiger partial charge is 0.387 e. The second kappa shape index (κ2) is 9.31. The summed E-state index contributed by atoms with van der Waals surface area (Å²) in [5.74, 6) is -0.655. The molecule has 0 bridgehead atoms. The average molecular weight is 499 g/mol. The van der Waals surface area contributed by atoms with E-state index in [1.807, 2.05) is 0 Å². The Labute approximate surface area is 204 Å². The molecule has 2 aliphatic heterocycles. The Morgan fingerprint density at radius 2 is 2.14 bits per heavy atom. The zero-order valence-corrected chi connectivity index (χ0v) is 19.3. The number of nitrogen functional groups attached to an aromatic ring is 1. The third-order valence-corrected chi connectivity index (χ3v) is 6.40. The molecule has 5 atom stereocenters. The van der Waals surface area contributed by atoms with E-state index in [9.17, 15) is 24.9 Å². The van der Waals surface area contributed by atoms with E-state index in [4.69, 9.17) is 10.5 Å². The van der Waals surface area contributed by atoms with Crippen LogP contribution < -0.4 is 16.4 Å². The van der Waals surface area contributed by atoms with E-state index in [0.29, 0.717) is 23.3 Å². The molecule has 4 unspecified atom stereocenters. The molecule has 0 saturated carbocycles. The number of likely N-dealkylation sites (N-methyl/N-ethyl adjacent to an activating group) is 1. The van der Waals surface area contributed by atoms with E-state index in [1.165, 1.54) is 22.1 Å². The molecule has 190 valence electrons. The fraction of sp³-hybridized carbons (Fsp3) is 0.409. The van der Waals surface area contributed by atoms with Gasteiger partial charge >= 0.3 is 0 Å². The van der Waals surface area contributed by atoms with Gasteiger partial charge in [-0.2, -0.15) is 0 Å². The summed E-state index contributed by atoms with van der Waals surface area (Å²) in [6.07, 6.45) is -4.13. The fourth-order valence-corrected chi connectivity index (χ4v) is 4.53. The number of hydrogen-bond acceptors (Lipinski definition) is 11. The van der Waals surface area contributed by atoms with Crippen LogP contribution in [0.5, 0.6) is 0 Å². The van der Waals surface area contributed by atoms with Crippen LogP contribution in [-0.4, -0.2) is 89.2 Å². The lowest BCUT2D eigenvalue weighted by Crippen LogP contribution is -2.48. The van der Waals surface area contributed by atoms with E-state index in [0.717, 1.165) is 5.56 Å². The summed E-state index contributed by atoms with van der Waals surface area (Å²) in [7, 11) is 0. The van der Waals surface area contributed by atoms with Gasteiger partial charge in [0.05, 0.1) is 12.9 Å². The van der Waals surface area contributed by atoms with Crippen LogP contribution in [0.1, 0.15) is 29.1 Å². The number of aromatic nitrogens is 4. The highest BCUT2D eigenvalue weighted by atomic mass is 16.6. The second-order valence-electron chi connectivity index (χ2n) is 8.56. The molecular formula is C22H26N8O6. The van der Waals surface area contributed by atoms with E-state index in [-0.39, 0.29) is 30.5 Å². The molecule has 1 aromatic carbocycles. The quantitative estimate of drug-likeness (QED) is 0.208. The Balaban J connectivity index is 1.29. The van der Waals surface area contributed by atoms with E-state index < -0.39 is 36.7 Å². The SMILES string of the molecule is CCN(C[C@@H](O)Nc1cccc2c1CNC2=O)C(=O)C1OC(n2cnc3c(N)ncnc32)C(O)C1O. The molecule has 36 heavy (non-hydrogen) atoms. The molecule has 2 amide bonds. The zero-order valence-electron chi connectivity index (χ0n) is 19.3. The lowest BCUT2D eigenvalue weighted by atomic mass is 10.1. The number of nitrogens with one attached hydrogen (secondary N) is 2. The summed E-state index contributed by atoms with van der Waals surface area (Å²) in [5, 5.41) is 37.6. The first-order valence-electron chi connectivity index (χ1n) is 11.4. The number of fused-ring (bicyclic) bond motifs is 2. The van der Waals surface area contributed by atoms with Crippen LogP contribution >= 0.6 is 0 Å². The monoisotopic (exact) mass is 498 g/mol. The van der Waals surface area contributed by atoms with E-state index in [2.05, 4.69) is 25.6 Å². The first kappa shape index (κ1) is 23.9. The Morgan fingerprint density at radius 3 is 2.92 bits per heavy atom. The zero-order chi connectivity index (χ0) is 25.6. The summed E-state index contributed by atoms with van der Waals surface area (Å²) in [6, 6.07) is 5.13. The van der Waals surface area contributed by atoms with Crippen molar-refractivity contribution in [3.05, 3.63) is 42.0 Å². The first-order valence-corrected chi connectivity index (χ1v) is 11.4. The van der Waals surface area contributed by atoms with Crippen molar-refractivity contribution >= 4 is 34.5 Å². The van der Waals surface area contributed by atoms with Gasteiger partial charge in [-0.1, -0.05) is 6.07 Å². The molecule has 2 aromatic heterocycles. The predicted octanol–water partition coefficient (Wildman–Crippen LogP) is -1.45. The Bertz CT molecular complexity index is 1310. The summed E-state index contributed by atoms with van der Waals surface area (Å²) < 4.78 is 7.16. The number of anilines is 2. The Kier molecular flexibility index (Phi) is 6.17. The van der Waals surface area contributed by atoms with Gasteiger partial charge in [0.15, 0.2) is 23.8 Å². The van der Waals surface area contributed by atoms with Crippen molar-refractivity contribution in [3.8, 4) is 0 Å². The van der Waals surface area contributed by atoms with Crippen LogP contribution in [0.3, 0.4) is 0 Å². The van der Waals surface area contributed by atoms with Gasteiger partial charge in [-0.15, -0.1) is 0 Å². The Hall–Kier alpha value is -3.85. The Morgan fingerprint density at radius 1 is 1.33 bits per heavy atom. The number of aliphatic hydroxyl groups is 3. The molecule has 14 nitrogen and oxygen atoms in total. The minimum absolute atomic E-state index is 0.133. The number of aliphatic hydroxyl groups excluding tert-OH is 3. The highest BCUT2D eigenvalue weighted by Crippen LogP contribution is 2.33. The minimum atomic E-state index is -1.53. The summed E-state index contributed by atoms with van der Waals surface area (Å²) in [5.41, 5.74) is 8.22. The number of nitrogens with zero attached hydrogens (tertiary/aromatic N) is 5. The lowest BCUT2D eigenvalue weighted by molar-refractivity contribution is -0.149. The van der Waals surface area contributed by atoms with Crippen LogP contribution in [-0.2, 0) is 16.1 Å². The molecule has 7 N–H and O–H groups in total. The molecule has 4 heterocycles. The topological polar surface area (TPSA) is 201 Å². The number of ether oxygens (including phenoxy) is 1. The van der Waals surface area contributed by atoms with Crippen molar-refractivity contribution in [1.29, 1.82) is 0 Å². The smallest absolute Gasteiger partial charge is 0.254 e. The van der Waals surface area contributed by atoms with Crippen LogP contribution in [0.15, 0.2) is 30.9 Å². The van der Waals surface area contributed by atoms with E-state index >= 15 is 0 Å². The highest BCUT2D eigenvalue weighted by Gasteiger charge is 2.49. The molecule has 1 fully saturated rings. The third-order valence-electron chi connectivity index (χ3n) is 6.40. The van der Waals surface area contributed by atoms with Gasteiger partial charge in [-0.3, -0.25) is 14.2 Å². The highest BCUT2D eigenvalue weighted by molar-refractivity contribution is 6.00. The first-order chi connectivity index (χ1) is 17.3. The van der Waals surface area contributed by atoms with Gasteiger partial charge in [-0.05, 0) is 19.1 Å². The number of rotatable bonds is 7. The molecule has 0 spiro atoms. The molecule has 14 heteroatoms. The molecule has 3 aromatic rings. The van der Waals surface area contributed by atoms with Gasteiger partial charge in [-0.25, -0.2) is 15.0 Å². The van der Waals surface area contributed by atoms with Gasteiger partial charge in [0.25, 0.3) is 11.8 Å². The molecule has 2 aliphatic rings. The maximum Gasteiger partial charge on any atom is 0.254 e. The molecule has 0 radical (unpaired) electrons. The number of amides is 2. The van der Waals surface area contributed by atoms with Crippen molar-refractivity contribution in [3.63, 3.8) is 0 Å². The maximum atomic E-state index is 13.2. The molecular weight excluding hydrogens is 472 g/mol. The standard InChI is InChI=1S/C22H26N8O6/c1-2-29(7-13(31)28-12-5-3-4-10-11(12)6-24-20(10)34)21(35)17-15(32)16(33)22(36-17)30-9-27-14-18(23)25-8-26-19(14)30/h3-5,8-9,13,15-17,22,28,31-33H,2,6-7H2,1H3,(H,24,34)(H2,23,25,26)/t13-,15?,16?,17?,22?/m1/s1. The summed E-state index contributed by atoms with van der Waals surface area (Å²) in [4.78, 5) is 38.6. The number of hydrogen-bond donors (Lipinski definition) is 6. The van der Waals surface area contributed by atoms with E-state index in [1.54, 1.807) is 25.1 Å². The summed E-state index contributed by atoms with van der Waals surface area (Å²) >= 11 is 0. The number of carbonyl (C=O) groups excluding carboxylic acids is 2. The number of imidazole rings is 1. The summed E-state index contributed by atoms with van der Waals surface area (Å²) in [6.45, 7) is 2.12. The minimum Gasteiger partial charge on any atom is -0.387 e. The van der Waals surface area contributed by atoms with Crippen molar-refractivity contribution < 1.29 is 29.6 Å². The van der Waals surface area contributed by atoms with Crippen LogP contribution in [0, 0.1) is 0 Å². The van der Waals surface area contributed by atoms with Crippen molar-refractivity contribution in [2.45, 2.75) is 44.2 Å². The van der Waals surface area contributed by atoms with Gasteiger partial charge in [0, 0.05) is 29.9 Å². The normalized spacial score (nSPS) is 23.9. The average Bonchev–Trinajstić information content (AvgIpc) is 3.55. The lowest BCUT2D eigenvalue weighted by Gasteiger charge is -2.28. The fourth-order valence-electron chi connectivity index (χ4n) is 4.53.